The van der Waals surface area contributed by atoms with Gasteiger partial charge in [-0.3, -0.25) is 4.98 Å². The minimum atomic E-state index is -0.948. The van der Waals surface area contributed by atoms with Gasteiger partial charge in [-0.25, -0.2) is 4.39 Å². The first-order chi connectivity index (χ1) is 7.70. The topological polar surface area (TPSA) is 33.1 Å². The molecule has 0 bridgehead atoms. The number of halogens is 2. The van der Waals surface area contributed by atoms with Crippen LogP contribution >= 0.6 is 22.6 Å². The van der Waals surface area contributed by atoms with Crippen LogP contribution in [0.15, 0.2) is 42.7 Å². The van der Waals surface area contributed by atoms with Crippen molar-refractivity contribution in [2.24, 2.45) is 0 Å². The Hall–Kier alpha value is -1.01. The van der Waals surface area contributed by atoms with Crippen LogP contribution in [0.2, 0.25) is 0 Å². The number of rotatable bonds is 2. The number of hydrogen-bond donors (Lipinski definition) is 1. The number of pyridine rings is 1. The molecule has 0 aliphatic carbocycles. The van der Waals surface area contributed by atoms with Crippen molar-refractivity contribution in [3.63, 3.8) is 0 Å². The molecule has 4 heteroatoms. The Bertz CT molecular complexity index is 458. The third kappa shape index (κ3) is 2.22. The Morgan fingerprint density at radius 1 is 1.19 bits per heavy atom. The Balaban J connectivity index is 2.44. The molecular formula is C12H9FINO. The van der Waals surface area contributed by atoms with Crippen molar-refractivity contribution < 1.29 is 9.50 Å². The van der Waals surface area contributed by atoms with Gasteiger partial charge in [0, 0.05) is 15.3 Å². The van der Waals surface area contributed by atoms with Crippen molar-refractivity contribution in [3.8, 4) is 0 Å². The van der Waals surface area contributed by atoms with Crippen LogP contribution in [0, 0.1) is 9.39 Å². The van der Waals surface area contributed by atoms with Crippen LogP contribution in [0.4, 0.5) is 4.39 Å². The second-order valence-corrected chi connectivity index (χ2v) is 4.48. The molecule has 0 radical (unpaired) electrons. The highest BCUT2D eigenvalue weighted by Gasteiger charge is 2.16. The maximum absolute atomic E-state index is 13.4. The first-order valence-corrected chi connectivity index (χ1v) is 5.80. The van der Waals surface area contributed by atoms with E-state index in [9.17, 15) is 9.50 Å². The highest BCUT2D eigenvalue weighted by molar-refractivity contribution is 14.1. The summed E-state index contributed by atoms with van der Waals surface area (Å²) in [7, 11) is 0. The monoisotopic (exact) mass is 329 g/mol. The van der Waals surface area contributed by atoms with E-state index in [1.807, 2.05) is 18.2 Å². The lowest BCUT2D eigenvalue weighted by Crippen LogP contribution is -2.04. The van der Waals surface area contributed by atoms with Gasteiger partial charge in [0.05, 0.1) is 6.20 Å². The van der Waals surface area contributed by atoms with Crippen LogP contribution in [0.1, 0.15) is 17.2 Å². The van der Waals surface area contributed by atoms with E-state index in [4.69, 9.17) is 0 Å². The van der Waals surface area contributed by atoms with E-state index in [-0.39, 0.29) is 5.56 Å². The van der Waals surface area contributed by atoms with Gasteiger partial charge in [0.2, 0.25) is 0 Å². The quantitative estimate of drug-likeness (QED) is 0.860. The average Bonchev–Trinajstić information content (AvgIpc) is 2.29. The Labute approximate surface area is 106 Å². The van der Waals surface area contributed by atoms with Crippen LogP contribution in [0.25, 0.3) is 0 Å². The standard InChI is InChI=1S/C12H9FINO/c13-10-7-15-6-5-8(10)12(16)9-3-1-2-4-11(9)14/h1-7,12,16H. The van der Waals surface area contributed by atoms with E-state index in [1.165, 1.54) is 12.3 Å². The fourth-order valence-corrected chi connectivity index (χ4v) is 2.15. The van der Waals surface area contributed by atoms with Crippen LogP contribution in [-0.2, 0) is 0 Å². The molecule has 1 heterocycles. The minimum Gasteiger partial charge on any atom is -0.384 e. The molecule has 1 unspecified atom stereocenters. The molecule has 1 aromatic carbocycles. The third-order valence-corrected chi connectivity index (χ3v) is 3.28. The Morgan fingerprint density at radius 2 is 1.94 bits per heavy atom. The number of nitrogens with zero attached hydrogens (tertiary/aromatic N) is 1. The smallest absolute Gasteiger partial charge is 0.147 e. The number of aliphatic hydroxyl groups is 1. The molecule has 0 spiro atoms. The highest BCUT2D eigenvalue weighted by atomic mass is 127. The summed E-state index contributed by atoms with van der Waals surface area (Å²) in [6.07, 6.45) is 1.63. The molecule has 16 heavy (non-hydrogen) atoms. The van der Waals surface area contributed by atoms with E-state index in [0.29, 0.717) is 5.56 Å². The van der Waals surface area contributed by atoms with Gasteiger partial charge in [-0.05, 0) is 40.3 Å². The van der Waals surface area contributed by atoms with Gasteiger partial charge in [0.25, 0.3) is 0 Å². The predicted molar refractivity (Wildman–Crippen MR) is 67.4 cm³/mol. The summed E-state index contributed by atoms with van der Waals surface area (Å²) in [5.41, 5.74) is 0.951. The fraction of sp³-hybridized carbons (Fsp3) is 0.0833. The molecule has 2 nitrogen and oxygen atoms in total. The first-order valence-electron chi connectivity index (χ1n) is 4.72. The molecule has 1 aromatic heterocycles. The minimum absolute atomic E-state index is 0.249. The summed E-state index contributed by atoms with van der Waals surface area (Å²) in [4.78, 5) is 3.66. The molecule has 1 atom stereocenters. The van der Waals surface area contributed by atoms with Gasteiger partial charge in [0.15, 0.2) is 0 Å². The lowest BCUT2D eigenvalue weighted by atomic mass is 10.0. The van der Waals surface area contributed by atoms with Crippen molar-refractivity contribution in [1.82, 2.24) is 4.98 Å². The maximum atomic E-state index is 13.4. The summed E-state index contributed by atoms with van der Waals surface area (Å²) in [6, 6.07) is 8.84. The molecular weight excluding hydrogens is 320 g/mol. The van der Waals surface area contributed by atoms with Crippen molar-refractivity contribution in [2.45, 2.75) is 6.10 Å². The molecule has 2 rings (SSSR count). The summed E-state index contributed by atoms with van der Waals surface area (Å²) in [5.74, 6) is -0.491. The molecule has 82 valence electrons. The maximum Gasteiger partial charge on any atom is 0.147 e. The predicted octanol–water partition coefficient (Wildman–Crippen LogP) is 2.91. The second-order valence-electron chi connectivity index (χ2n) is 3.32. The van der Waals surface area contributed by atoms with Crippen molar-refractivity contribution in [3.05, 3.63) is 63.2 Å². The largest absolute Gasteiger partial charge is 0.384 e. The fourth-order valence-electron chi connectivity index (χ4n) is 1.47. The normalized spacial score (nSPS) is 12.4. The summed E-state index contributed by atoms with van der Waals surface area (Å²) in [5, 5.41) is 10.1. The lowest BCUT2D eigenvalue weighted by Gasteiger charge is -2.13. The summed E-state index contributed by atoms with van der Waals surface area (Å²) < 4.78 is 14.3. The van der Waals surface area contributed by atoms with Crippen molar-refractivity contribution >= 4 is 22.6 Å². The lowest BCUT2D eigenvalue weighted by molar-refractivity contribution is 0.214. The second kappa shape index (κ2) is 4.88. The molecule has 0 saturated heterocycles. The van der Waals surface area contributed by atoms with E-state index >= 15 is 0 Å². The zero-order valence-electron chi connectivity index (χ0n) is 8.27. The van der Waals surface area contributed by atoms with Crippen LogP contribution < -0.4 is 0 Å². The van der Waals surface area contributed by atoms with Crippen LogP contribution in [-0.4, -0.2) is 10.1 Å². The van der Waals surface area contributed by atoms with Crippen molar-refractivity contribution in [1.29, 1.82) is 0 Å². The Morgan fingerprint density at radius 3 is 2.62 bits per heavy atom. The van der Waals surface area contributed by atoms with E-state index in [0.717, 1.165) is 9.77 Å². The SMILES string of the molecule is OC(c1ccncc1F)c1ccccc1I. The molecule has 0 saturated carbocycles. The van der Waals surface area contributed by atoms with Gasteiger partial charge in [0.1, 0.15) is 11.9 Å². The zero-order chi connectivity index (χ0) is 11.5. The number of benzene rings is 1. The van der Waals surface area contributed by atoms with Gasteiger partial charge in [-0.15, -0.1) is 0 Å². The first kappa shape index (κ1) is 11.5. The Kier molecular flexibility index (Phi) is 3.50. The summed E-state index contributed by atoms with van der Waals surface area (Å²) >= 11 is 2.12. The molecule has 0 amide bonds. The van der Waals surface area contributed by atoms with E-state index < -0.39 is 11.9 Å². The van der Waals surface area contributed by atoms with Gasteiger partial charge < -0.3 is 5.11 Å². The van der Waals surface area contributed by atoms with Crippen molar-refractivity contribution in [2.75, 3.05) is 0 Å². The molecule has 0 aliphatic rings. The molecule has 0 aliphatic heterocycles. The number of aliphatic hydroxyl groups excluding tert-OH is 1. The number of aromatic nitrogens is 1. The van der Waals surface area contributed by atoms with Gasteiger partial charge >= 0.3 is 0 Å². The van der Waals surface area contributed by atoms with Gasteiger partial charge in [-0.1, -0.05) is 18.2 Å². The van der Waals surface area contributed by atoms with Crippen LogP contribution in [0.3, 0.4) is 0 Å². The highest BCUT2D eigenvalue weighted by Crippen LogP contribution is 2.26. The van der Waals surface area contributed by atoms with Crippen LogP contribution in [0.5, 0.6) is 0 Å². The third-order valence-electron chi connectivity index (χ3n) is 2.30. The molecule has 2 aromatic rings. The number of hydrogen-bond acceptors (Lipinski definition) is 2. The van der Waals surface area contributed by atoms with Gasteiger partial charge in [-0.2, -0.15) is 0 Å². The molecule has 0 fully saturated rings. The average molecular weight is 329 g/mol. The molecule has 1 N–H and O–H groups in total. The van der Waals surface area contributed by atoms with E-state index in [2.05, 4.69) is 27.6 Å². The van der Waals surface area contributed by atoms with E-state index in [1.54, 1.807) is 6.07 Å². The summed E-state index contributed by atoms with van der Waals surface area (Å²) in [6.45, 7) is 0. The zero-order valence-corrected chi connectivity index (χ0v) is 10.4.